The molecule has 2 aromatic rings. The van der Waals surface area contributed by atoms with Gasteiger partial charge in [-0.2, -0.15) is 5.10 Å². The van der Waals surface area contributed by atoms with Crippen LogP contribution in [0.15, 0.2) is 18.3 Å². The lowest BCUT2D eigenvalue weighted by atomic mass is 9.89. The van der Waals surface area contributed by atoms with Crippen molar-refractivity contribution in [3.8, 4) is 22.8 Å². The summed E-state index contributed by atoms with van der Waals surface area (Å²) >= 11 is 0. The van der Waals surface area contributed by atoms with Crippen LogP contribution in [-0.2, 0) is 17.6 Å². The summed E-state index contributed by atoms with van der Waals surface area (Å²) in [5.41, 5.74) is 3.62. The van der Waals surface area contributed by atoms with Crippen molar-refractivity contribution >= 4 is 0 Å². The monoisotopic (exact) mass is 392 g/mol. The van der Waals surface area contributed by atoms with Gasteiger partial charge in [0.15, 0.2) is 17.7 Å². The van der Waals surface area contributed by atoms with Crippen molar-refractivity contribution in [2.45, 2.75) is 43.5 Å². The molecule has 1 aliphatic heterocycles. The topological polar surface area (TPSA) is 126 Å². The number of aromatic nitrogens is 2. The number of benzene rings is 1. The quantitative estimate of drug-likeness (QED) is 0.556. The Hall–Kier alpha value is -2.17. The summed E-state index contributed by atoms with van der Waals surface area (Å²) in [5, 5.41) is 44.5. The molecule has 1 fully saturated rings. The summed E-state index contributed by atoms with van der Waals surface area (Å²) in [6.45, 7) is -0.494. The van der Waals surface area contributed by atoms with Gasteiger partial charge in [-0.1, -0.05) is 0 Å². The number of nitrogens with zero attached hydrogens (tertiary/aromatic N) is 2. The third kappa shape index (κ3) is 2.87. The Bertz CT molecular complexity index is 866. The molecule has 0 saturated carbocycles. The first-order chi connectivity index (χ1) is 13.5. The summed E-state index contributed by atoms with van der Waals surface area (Å²) in [5.74, 6) is 1.19. The Morgan fingerprint density at radius 3 is 2.39 bits per heavy atom. The molecule has 4 N–H and O–H groups in total. The zero-order chi connectivity index (χ0) is 20.0. The number of aryl methyl sites for hydroxylation is 2. The molecule has 1 saturated heterocycles. The van der Waals surface area contributed by atoms with E-state index in [-0.39, 0.29) is 0 Å². The second-order valence-electron chi connectivity index (χ2n) is 7.05. The van der Waals surface area contributed by atoms with Gasteiger partial charge in [-0.3, -0.25) is 0 Å². The minimum atomic E-state index is -1.47. The minimum absolute atomic E-state index is 0.494. The highest BCUT2D eigenvalue weighted by Gasteiger charge is 2.45. The van der Waals surface area contributed by atoms with E-state index < -0.39 is 37.3 Å². The third-order valence-electron chi connectivity index (χ3n) is 5.51. The van der Waals surface area contributed by atoms with Crippen molar-refractivity contribution in [2.24, 2.45) is 0 Å². The van der Waals surface area contributed by atoms with Gasteiger partial charge in [0.2, 0.25) is 0 Å². The van der Waals surface area contributed by atoms with Crippen LogP contribution in [0.3, 0.4) is 0 Å². The van der Waals surface area contributed by atoms with E-state index in [0.29, 0.717) is 11.5 Å². The van der Waals surface area contributed by atoms with E-state index in [2.05, 4.69) is 5.10 Å². The molecule has 4 rings (SSSR count). The predicted molar refractivity (Wildman–Crippen MR) is 97.2 cm³/mol. The molecular weight excluding hydrogens is 368 g/mol. The highest BCUT2D eigenvalue weighted by Crippen LogP contribution is 2.42. The van der Waals surface area contributed by atoms with Crippen LogP contribution in [0.25, 0.3) is 11.3 Å². The van der Waals surface area contributed by atoms with Crippen molar-refractivity contribution in [3.05, 3.63) is 29.5 Å². The molecule has 0 bridgehead atoms. The van der Waals surface area contributed by atoms with Gasteiger partial charge in [0, 0.05) is 5.56 Å². The lowest BCUT2D eigenvalue weighted by Crippen LogP contribution is -2.56. The van der Waals surface area contributed by atoms with Gasteiger partial charge >= 0.3 is 0 Å². The first-order valence-corrected chi connectivity index (χ1v) is 9.12. The molecule has 0 unspecified atom stereocenters. The number of aliphatic hydroxyl groups is 4. The van der Waals surface area contributed by atoms with Gasteiger partial charge in [-0.05, 0) is 36.1 Å². The number of hydrogen-bond acceptors (Lipinski definition) is 8. The average molecular weight is 392 g/mol. The molecular formula is C19H24N2O7. The van der Waals surface area contributed by atoms with Crippen LogP contribution < -0.4 is 9.47 Å². The molecule has 2 heterocycles. The van der Waals surface area contributed by atoms with Crippen molar-refractivity contribution in [1.29, 1.82) is 0 Å². The Morgan fingerprint density at radius 1 is 1.04 bits per heavy atom. The minimum Gasteiger partial charge on any atom is -0.493 e. The van der Waals surface area contributed by atoms with Crippen LogP contribution in [0.1, 0.15) is 17.4 Å². The van der Waals surface area contributed by atoms with Crippen LogP contribution in [0.5, 0.6) is 11.5 Å². The Kier molecular flexibility index (Phi) is 5.02. The Morgan fingerprint density at radius 2 is 1.71 bits per heavy atom. The fourth-order valence-electron chi connectivity index (χ4n) is 3.97. The van der Waals surface area contributed by atoms with E-state index in [4.69, 9.17) is 14.2 Å². The number of fused-ring (bicyclic) bond motifs is 3. The molecule has 0 radical (unpaired) electrons. The first-order valence-electron chi connectivity index (χ1n) is 9.12. The van der Waals surface area contributed by atoms with Gasteiger partial charge in [0.25, 0.3) is 0 Å². The van der Waals surface area contributed by atoms with E-state index in [1.54, 1.807) is 20.4 Å². The van der Waals surface area contributed by atoms with Gasteiger partial charge in [0.05, 0.1) is 32.7 Å². The third-order valence-corrected chi connectivity index (χ3v) is 5.51. The SMILES string of the molecule is COc1cc2c(cc1OC)-c1c(cnn1[C@@H]1O[C@H](CO)[C@@H](O)[C@H](O)[C@H]1O)CC2. The van der Waals surface area contributed by atoms with Crippen LogP contribution in [0.2, 0.25) is 0 Å². The number of ether oxygens (including phenoxy) is 3. The fraction of sp³-hybridized carbons (Fsp3) is 0.526. The average Bonchev–Trinajstić information content (AvgIpc) is 3.15. The second kappa shape index (κ2) is 7.34. The molecule has 152 valence electrons. The Labute approximate surface area is 161 Å². The lowest BCUT2D eigenvalue weighted by molar-refractivity contribution is -0.253. The lowest BCUT2D eigenvalue weighted by Gasteiger charge is -2.40. The Balaban J connectivity index is 1.81. The molecule has 28 heavy (non-hydrogen) atoms. The smallest absolute Gasteiger partial charge is 0.179 e. The fourth-order valence-corrected chi connectivity index (χ4v) is 3.97. The highest BCUT2D eigenvalue weighted by atomic mass is 16.6. The van der Waals surface area contributed by atoms with E-state index in [0.717, 1.165) is 35.2 Å². The molecule has 0 spiro atoms. The summed E-state index contributed by atoms with van der Waals surface area (Å²) in [6, 6.07) is 3.77. The summed E-state index contributed by atoms with van der Waals surface area (Å²) in [6.07, 6.45) is -3.11. The van der Waals surface area contributed by atoms with Crippen LogP contribution >= 0.6 is 0 Å². The maximum atomic E-state index is 10.5. The van der Waals surface area contributed by atoms with E-state index in [9.17, 15) is 20.4 Å². The zero-order valence-corrected chi connectivity index (χ0v) is 15.6. The summed E-state index contributed by atoms with van der Waals surface area (Å²) in [4.78, 5) is 0. The molecule has 5 atom stereocenters. The summed E-state index contributed by atoms with van der Waals surface area (Å²) < 4.78 is 18.0. The number of rotatable bonds is 4. The van der Waals surface area contributed by atoms with Crippen LogP contribution in [0.4, 0.5) is 0 Å². The molecule has 0 amide bonds. The number of hydrogen-bond donors (Lipinski definition) is 4. The van der Waals surface area contributed by atoms with Gasteiger partial charge < -0.3 is 34.6 Å². The largest absolute Gasteiger partial charge is 0.493 e. The molecule has 2 aliphatic rings. The van der Waals surface area contributed by atoms with Crippen LogP contribution in [0, 0.1) is 0 Å². The van der Waals surface area contributed by atoms with Gasteiger partial charge in [0.1, 0.15) is 24.4 Å². The number of methoxy groups -OCH3 is 2. The van der Waals surface area contributed by atoms with E-state index in [1.165, 1.54) is 4.68 Å². The van der Waals surface area contributed by atoms with Gasteiger partial charge in [-0.15, -0.1) is 0 Å². The number of aliphatic hydroxyl groups excluding tert-OH is 4. The van der Waals surface area contributed by atoms with Crippen molar-refractivity contribution in [2.75, 3.05) is 20.8 Å². The van der Waals surface area contributed by atoms with Crippen LogP contribution in [-0.4, -0.2) is 75.4 Å². The van der Waals surface area contributed by atoms with E-state index in [1.807, 2.05) is 12.1 Å². The summed E-state index contributed by atoms with van der Waals surface area (Å²) in [7, 11) is 3.14. The predicted octanol–water partition coefficient (Wildman–Crippen LogP) is -0.362. The maximum Gasteiger partial charge on any atom is 0.179 e. The zero-order valence-electron chi connectivity index (χ0n) is 15.6. The van der Waals surface area contributed by atoms with Crippen molar-refractivity contribution < 1.29 is 34.6 Å². The molecule has 1 aliphatic carbocycles. The maximum absolute atomic E-state index is 10.5. The highest BCUT2D eigenvalue weighted by molar-refractivity contribution is 5.73. The molecule has 9 heteroatoms. The van der Waals surface area contributed by atoms with Crippen molar-refractivity contribution in [3.63, 3.8) is 0 Å². The van der Waals surface area contributed by atoms with Gasteiger partial charge in [-0.25, -0.2) is 4.68 Å². The second-order valence-corrected chi connectivity index (χ2v) is 7.05. The molecule has 9 nitrogen and oxygen atoms in total. The standard InChI is InChI=1S/C19H24N2O7/c1-26-12-5-9-3-4-10-7-20-21(15(10)11(9)6-13(12)27-2)19-18(25)17(24)16(23)14(8-22)28-19/h5-7,14,16-19,22-25H,3-4,8H2,1-2H3/t14-,16-,17+,18-,19-/m1/s1. The van der Waals surface area contributed by atoms with Crippen molar-refractivity contribution in [1.82, 2.24) is 9.78 Å². The molecule has 1 aromatic heterocycles. The first kappa shape index (κ1) is 19.2. The molecule has 1 aromatic carbocycles. The van der Waals surface area contributed by atoms with E-state index >= 15 is 0 Å². The normalized spacial score (nSPS) is 29.1.